The molecule has 1 aromatic heterocycles. The first-order valence-corrected chi connectivity index (χ1v) is 9.45. The summed E-state index contributed by atoms with van der Waals surface area (Å²) in [5.74, 6) is -0.152. The highest BCUT2D eigenvalue weighted by atomic mass is 32.1. The van der Waals surface area contributed by atoms with Crippen LogP contribution < -0.4 is 10.2 Å². The van der Waals surface area contributed by atoms with Crippen LogP contribution in [0.25, 0.3) is 0 Å². The number of aromatic nitrogens is 1. The van der Waals surface area contributed by atoms with Gasteiger partial charge in [0.2, 0.25) is 0 Å². The van der Waals surface area contributed by atoms with Crippen molar-refractivity contribution >= 4 is 23.2 Å². The lowest BCUT2D eigenvalue weighted by Crippen LogP contribution is -2.42. The predicted octanol–water partition coefficient (Wildman–Crippen LogP) is 2.24. The number of aryl methyl sites for hydroxylation is 1. The van der Waals surface area contributed by atoms with Crippen molar-refractivity contribution in [3.05, 3.63) is 20.7 Å². The number of rotatable bonds is 7. The fourth-order valence-electron chi connectivity index (χ4n) is 3.05. The van der Waals surface area contributed by atoms with E-state index in [1.165, 1.54) is 6.42 Å². The van der Waals surface area contributed by atoms with Crippen LogP contribution in [0.3, 0.4) is 0 Å². The number of nitrogens with one attached hydrogen (secondary N) is 1. The molecule has 24 heavy (non-hydrogen) atoms. The minimum absolute atomic E-state index is 0.0122. The quantitative estimate of drug-likeness (QED) is 0.762. The number of amides is 1. The zero-order valence-electron chi connectivity index (χ0n) is 14.4. The molecule has 1 aliphatic carbocycles. The maximum Gasteiger partial charge on any atom is 0.307 e. The van der Waals surface area contributed by atoms with Crippen molar-refractivity contribution in [1.82, 2.24) is 9.88 Å². The Balaban J connectivity index is 1.64. The van der Waals surface area contributed by atoms with Crippen LogP contribution in [0.15, 0.2) is 10.2 Å². The van der Waals surface area contributed by atoms with Gasteiger partial charge in [-0.3, -0.25) is 14.4 Å². The Morgan fingerprint density at radius 3 is 2.79 bits per heavy atom. The van der Waals surface area contributed by atoms with Crippen molar-refractivity contribution in [2.45, 2.75) is 65.0 Å². The summed E-state index contributed by atoms with van der Waals surface area (Å²) in [6.07, 6.45) is 5.21. The van der Waals surface area contributed by atoms with Crippen molar-refractivity contribution in [3.8, 4) is 0 Å². The monoisotopic (exact) mass is 354 g/mol. The fraction of sp³-hybridized carbons (Fsp3) is 0.706. The number of ether oxygens (including phenoxy) is 1. The molecule has 0 aromatic carbocycles. The van der Waals surface area contributed by atoms with E-state index < -0.39 is 5.97 Å². The Morgan fingerprint density at radius 1 is 1.38 bits per heavy atom. The van der Waals surface area contributed by atoms with Gasteiger partial charge >= 0.3 is 10.8 Å². The van der Waals surface area contributed by atoms with Crippen LogP contribution in [0, 0.1) is 12.8 Å². The molecule has 2 atom stereocenters. The lowest BCUT2D eigenvalue weighted by atomic mass is 9.86. The summed E-state index contributed by atoms with van der Waals surface area (Å²) >= 11 is 1.16. The standard InChI is InChI=1S/C17H26N2O4S/c1-12-6-3-4-7-14(12)18-15(20)10-23-16(21)8-5-9-19-13(2)11-24-17(19)22/h11-12,14H,3-10H2,1-2H3,(H,18,20)/t12-,14-/m1/s1. The second-order valence-electron chi connectivity index (χ2n) is 6.49. The normalized spacial score (nSPS) is 20.6. The highest BCUT2D eigenvalue weighted by Crippen LogP contribution is 2.23. The molecular weight excluding hydrogens is 328 g/mol. The van der Waals surface area contributed by atoms with Gasteiger partial charge in [-0.15, -0.1) is 0 Å². The third-order valence-corrected chi connectivity index (χ3v) is 5.44. The number of thiazole rings is 1. The molecule has 0 spiro atoms. The molecule has 0 aliphatic heterocycles. The molecule has 134 valence electrons. The molecule has 0 radical (unpaired) electrons. The Kier molecular flexibility index (Phi) is 7.02. The summed E-state index contributed by atoms with van der Waals surface area (Å²) in [6, 6.07) is 0.193. The summed E-state index contributed by atoms with van der Waals surface area (Å²) in [5.41, 5.74) is 0.902. The largest absolute Gasteiger partial charge is 0.456 e. The summed E-state index contributed by atoms with van der Waals surface area (Å²) in [7, 11) is 0. The van der Waals surface area contributed by atoms with Crippen molar-refractivity contribution in [1.29, 1.82) is 0 Å². The molecule has 1 heterocycles. The number of carbonyl (C=O) groups excluding carboxylic acids is 2. The Morgan fingerprint density at radius 2 is 2.12 bits per heavy atom. The van der Waals surface area contributed by atoms with E-state index in [9.17, 15) is 14.4 Å². The second-order valence-corrected chi connectivity index (χ2v) is 7.32. The second kappa shape index (κ2) is 9.01. The molecule has 1 N–H and O–H groups in total. The van der Waals surface area contributed by atoms with Gasteiger partial charge in [0.15, 0.2) is 6.61 Å². The molecule has 1 amide bonds. The fourth-order valence-corrected chi connectivity index (χ4v) is 3.81. The van der Waals surface area contributed by atoms with Crippen LogP contribution >= 0.6 is 11.3 Å². The number of esters is 1. The van der Waals surface area contributed by atoms with E-state index in [2.05, 4.69) is 12.2 Å². The smallest absolute Gasteiger partial charge is 0.307 e. The van der Waals surface area contributed by atoms with E-state index in [1.807, 2.05) is 6.92 Å². The van der Waals surface area contributed by atoms with E-state index >= 15 is 0 Å². The first-order valence-electron chi connectivity index (χ1n) is 8.57. The molecule has 1 fully saturated rings. The average molecular weight is 354 g/mol. The molecule has 0 bridgehead atoms. The van der Waals surface area contributed by atoms with Crippen LogP contribution in [0.4, 0.5) is 0 Å². The molecule has 7 heteroatoms. The van der Waals surface area contributed by atoms with Crippen LogP contribution in [0.2, 0.25) is 0 Å². The van der Waals surface area contributed by atoms with Crippen LogP contribution in [0.5, 0.6) is 0 Å². The van der Waals surface area contributed by atoms with E-state index in [-0.39, 0.29) is 29.8 Å². The summed E-state index contributed by atoms with van der Waals surface area (Å²) < 4.78 is 6.67. The Hall–Kier alpha value is -1.63. The van der Waals surface area contributed by atoms with Crippen molar-refractivity contribution in [2.24, 2.45) is 5.92 Å². The Labute approximate surface area is 146 Å². The molecule has 1 aliphatic rings. The van der Waals surface area contributed by atoms with Gasteiger partial charge in [0.1, 0.15) is 0 Å². The van der Waals surface area contributed by atoms with Crippen molar-refractivity contribution in [3.63, 3.8) is 0 Å². The van der Waals surface area contributed by atoms with Crippen LogP contribution in [0.1, 0.15) is 51.1 Å². The highest BCUT2D eigenvalue weighted by Gasteiger charge is 2.23. The third kappa shape index (κ3) is 5.47. The van der Waals surface area contributed by atoms with E-state index in [0.29, 0.717) is 18.9 Å². The van der Waals surface area contributed by atoms with Crippen LogP contribution in [-0.2, 0) is 20.9 Å². The first kappa shape index (κ1) is 18.7. The lowest BCUT2D eigenvalue weighted by Gasteiger charge is -2.29. The number of hydrogen-bond donors (Lipinski definition) is 1. The molecule has 2 rings (SSSR count). The Bertz CT molecular complexity index is 622. The molecule has 1 saturated carbocycles. The zero-order chi connectivity index (χ0) is 17.5. The minimum atomic E-state index is -0.400. The topological polar surface area (TPSA) is 77.4 Å². The zero-order valence-corrected chi connectivity index (χ0v) is 15.2. The van der Waals surface area contributed by atoms with Crippen LogP contribution in [-0.4, -0.2) is 29.1 Å². The predicted molar refractivity (Wildman–Crippen MR) is 93.1 cm³/mol. The maximum absolute atomic E-state index is 11.9. The van der Waals surface area contributed by atoms with E-state index in [4.69, 9.17) is 4.74 Å². The average Bonchev–Trinajstić information content (AvgIpc) is 2.87. The van der Waals surface area contributed by atoms with Crippen molar-refractivity contribution < 1.29 is 14.3 Å². The SMILES string of the molecule is Cc1csc(=O)n1CCCC(=O)OCC(=O)N[C@@H]1CCCC[C@H]1C. The number of hydrogen-bond acceptors (Lipinski definition) is 5. The van der Waals surface area contributed by atoms with Gasteiger partial charge in [0.05, 0.1) is 0 Å². The summed E-state index contributed by atoms with van der Waals surface area (Å²) in [4.78, 5) is 35.1. The van der Waals surface area contributed by atoms with Gasteiger partial charge in [0, 0.05) is 30.1 Å². The van der Waals surface area contributed by atoms with Gasteiger partial charge in [-0.05, 0) is 32.1 Å². The van der Waals surface area contributed by atoms with E-state index in [0.717, 1.165) is 36.3 Å². The molecule has 0 unspecified atom stereocenters. The molecule has 0 saturated heterocycles. The molecule has 1 aromatic rings. The first-order chi connectivity index (χ1) is 11.5. The maximum atomic E-state index is 11.9. The summed E-state index contributed by atoms with van der Waals surface area (Å²) in [5, 5.41) is 4.76. The van der Waals surface area contributed by atoms with Gasteiger partial charge < -0.3 is 14.6 Å². The van der Waals surface area contributed by atoms with Gasteiger partial charge in [-0.25, -0.2) is 0 Å². The lowest BCUT2D eigenvalue weighted by molar-refractivity contribution is -0.149. The van der Waals surface area contributed by atoms with Crippen molar-refractivity contribution in [2.75, 3.05) is 6.61 Å². The number of carbonyl (C=O) groups is 2. The number of nitrogens with zero attached hydrogens (tertiary/aromatic N) is 1. The highest BCUT2D eigenvalue weighted by molar-refractivity contribution is 7.07. The van der Waals surface area contributed by atoms with Gasteiger partial charge in [-0.1, -0.05) is 31.1 Å². The molecular formula is C17H26N2O4S. The summed E-state index contributed by atoms with van der Waals surface area (Å²) in [6.45, 7) is 4.28. The molecule has 6 nitrogen and oxygen atoms in total. The minimum Gasteiger partial charge on any atom is -0.456 e. The van der Waals surface area contributed by atoms with Gasteiger partial charge in [-0.2, -0.15) is 0 Å². The van der Waals surface area contributed by atoms with Gasteiger partial charge in [0.25, 0.3) is 5.91 Å². The third-order valence-electron chi connectivity index (χ3n) is 4.56. The van der Waals surface area contributed by atoms with E-state index in [1.54, 1.807) is 9.95 Å².